The Kier molecular flexibility index (Phi) is 3.82. The molecule has 0 aliphatic rings. The van der Waals surface area contributed by atoms with Crippen molar-refractivity contribution in [2.24, 2.45) is 7.05 Å². The average Bonchev–Trinajstić information content (AvgIpc) is 2.87. The standard InChI is InChI=1S/C11H18N6O2S/c1-8(7-17-6-4-5-13-17)15-20(18,19)10-9(2)16(3)14-11(10)12/h4-6,8,15H,7H2,1-3H3,(H2,12,14). The molecule has 0 spiro atoms. The molecule has 2 aromatic heterocycles. The van der Waals surface area contributed by atoms with Crippen molar-refractivity contribution in [2.45, 2.75) is 31.3 Å². The SMILES string of the molecule is Cc1c(S(=O)(=O)NC(C)Cn2cccn2)c(N)nn1C. The Morgan fingerprint density at radius 2 is 2.20 bits per heavy atom. The van der Waals surface area contributed by atoms with Crippen LogP contribution >= 0.6 is 0 Å². The van der Waals surface area contributed by atoms with E-state index < -0.39 is 10.0 Å². The number of sulfonamides is 1. The average molecular weight is 298 g/mol. The molecule has 2 rings (SSSR count). The fourth-order valence-electron chi connectivity index (χ4n) is 2.00. The highest BCUT2D eigenvalue weighted by Gasteiger charge is 2.26. The number of nitrogens with two attached hydrogens (primary N) is 1. The highest BCUT2D eigenvalue weighted by molar-refractivity contribution is 7.89. The molecule has 0 aliphatic carbocycles. The van der Waals surface area contributed by atoms with Crippen molar-refractivity contribution in [2.75, 3.05) is 5.73 Å². The van der Waals surface area contributed by atoms with Gasteiger partial charge in [-0.05, 0) is 19.9 Å². The Hall–Kier alpha value is -1.87. The highest BCUT2D eigenvalue weighted by atomic mass is 32.2. The van der Waals surface area contributed by atoms with Crippen LogP contribution in [0.2, 0.25) is 0 Å². The number of nitrogen functional groups attached to an aromatic ring is 1. The number of nitrogens with one attached hydrogen (secondary N) is 1. The van der Waals surface area contributed by atoms with Crippen molar-refractivity contribution in [3.8, 4) is 0 Å². The van der Waals surface area contributed by atoms with Crippen LogP contribution in [0.3, 0.4) is 0 Å². The summed E-state index contributed by atoms with van der Waals surface area (Å²) in [7, 11) is -2.05. The van der Waals surface area contributed by atoms with Gasteiger partial charge in [0.2, 0.25) is 10.0 Å². The Bertz CT molecular complexity index is 689. The fraction of sp³-hybridized carbons (Fsp3) is 0.455. The molecule has 0 radical (unpaired) electrons. The van der Waals surface area contributed by atoms with Crippen LogP contribution in [0, 0.1) is 6.92 Å². The molecule has 0 fully saturated rings. The molecule has 1 atom stereocenters. The number of nitrogens with zero attached hydrogens (tertiary/aromatic N) is 4. The molecule has 0 aliphatic heterocycles. The molecular weight excluding hydrogens is 280 g/mol. The van der Waals surface area contributed by atoms with E-state index in [9.17, 15) is 8.42 Å². The Labute approximate surface area is 117 Å². The van der Waals surface area contributed by atoms with Crippen molar-refractivity contribution in [3.05, 3.63) is 24.2 Å². The Balaban J connectivity index is 2.19. The van der Waals surface area contributed by atoms with E-state index in [-0.39, 0.29) is 16.8 Å². The maximum absolute atomic E-state index is 12.4. The summed E-state index contributed by atoms with van der Waals surface area (Å²) in [6.45, 7) is 3.86. The quantitative estimate of drug-likeness (QED) is 0.799. The molecule has 2 aromatic rings. The third-order valence-electron chi connectivity index (χ3n) is 2.95. The lowest BCUT2D eigenvalue weighted by Gasteiger charge is -2.14. The Morgan fingerprint density at radius 1 is 1.50 bits per heavy atom. The minimum atomic E-state index is -3.70. The van der Waals surface area contributed by atoms with E-state index in [1.54, 1.807) is 44.0 Å². The van der Waals surface area contributed by atoms with E-state index in [2.05, 4.69) is 14.9 Å². The van der Waals surface area contributed by atoms with Gasteiger partial charge in [0.25, 0.3) is 0 Å². The molecule has 2 heterocycles. The maximum atomic E-state index is 12.4. The molecule has 0 amide bonds. The lowest BCUT2D eigenvalue weighted by molar-refractivity contribution is 0.494. The van der Waals surface area contributed by atoms with E-state index in [1.807, 2.05) is 0 Å². The zero-order chi connectivity index (χ0) is 14.9. The summed E-state index contributed by atoms with van der Waals surface area (Å²) in [5, 5.41) is 7.96. The molecule has 110 valence electrons. The minimum absolute atomic E-state index is 0.00351. The van der Waals surface area contributed by atoms with Crippen LogP contribution in [0.5, 0.6) is 0 Å². The maximum Gasteiger partial charge on any atom is 0.246 e. The second-order valence-electron chi connectivity index (χ2n) is 4.67. The minimum Gasteiger partial charge on any atom is -0.381 e. The van der Waals surface area contributed by atoms with E-state index >= 15 is 0 Å². The predicted octanol–water partition coefficient (Wildman–Crippen LogP) is -0.126. The normalized spacial score (nSPS) is 13.6. The number of hydrogen-bond acceptors (Lipinski definition) is 5. The van der Waals surface area contributed by atoms with Crippen LogP contribution in [0.25, 0.3) is 0 Å². The van der Waals surface area contributed by atoms with Crippen LogP contribution in [-0.4, -0.2) is 34.0 Å². The number of rotatable bonds is 5. The second kappa shape index (κ2) is 5.25. The van der Waals surface area contributed by atoms with Crippen molar-refractivity contribution < 1.29 is 8.42 Å². The molecule has 3 N–H and O–H groups in total. The highest BCUT2D eigenvalue weighted by Crippen LogP contribution is 2.21. The van der Waals surface area contributed by atoms with Gasteiger partial charge in [-0.15, -0.1) is 0 Å². The molecule has 0 bridgehead atoms. The third-order valence-corrected chi connectivity index (χ3v) is 4.70. The summed E-state index contributed by atoms with van der Waals surface area (Å²) in [5.74, 6) is 0.00351. The van der Waals surface area contributed by atoms with Gasteiger partial charge in [0, 0.05) is 25.5 Å². The number of anilines is 1. The molecule has 0 saturated heterocycles. The number of aromatic nitrogens is 4. The van der Waals surface area contributed by atoms with Gasteiger partial charge in [-0.2, -0.15) is 10.2 Å². The summed E-state index contributed by atoms with van der Waals surface area (Å²) in [6, 6.07) is 1.46. The van der Waals surface area contributed by atoms with Gasteiger partial charge in [-0.1, -0.05) is 0 Å². The summed E-state index contributed by atoms with van der Waals surface area (Å²) < 4.78 is 30.4. The lowest BCUT2D eigenvalue weighted by atomic mass is 10.4. The third kappa shape index (κ3) is 2.83. The van der Waals surface area contributed by atoms with Crippen LogP contribution in [0.1, 0.15) is 12.6 Å². The first kappa shape index (κ1) is 14.5. The first-order valence-corrected chi connectivity index (χ1v) is 7.58. The zero-order valence-corrected chi connectivity index (χ0v) is 12.4. The van der Waals surface area contributed by atoms with Gasteiger partial charge in [-0.25, -0.2) is 13.1 Å². The molecule has 9 heteroatoms. The lowest BCUT2D eigenvalue weighted by Crippen LogP contribution is -2.36. The van der Waals surface area contributed by atoms with Gasteiger partial charge in [-0.3, -0.25) is 9.36 Å². The molecule has 8 nitrogen and oxygen atoms in total. The van der Waals surface area contributed by atoms with Gasteiger partial charge in [0.15, 0.2) is 5.82 Å². The summed E-state index contributed by atoms with van der Waals surface area (Å²) in [6.07, 6.45) is 3.42. The zero-order valence-electron chi connectivity index (χ0n) is 11.6. The first-order chi connectivity index (χ1) is 9.31. The van der Waals surface area contributed by atoms with Crippen molar-refractivity contribution in [1.82, 2.24) is 24.3 Å². The largest absolute Gasteiger partial charge is 0.381 e. The molecular formula is C11H18N6O2S. The number of aryl methyl sites for hydroxylation is 1. The van der Waals surface area contributed by atoms with Gasteiger partial charge in [0.1, 0.15) is 4.90 Å². The van der Waals surface area contributed by atoms with Crippen molar-refractivity contribution in [1.29, 1.82) is 0 Å². The first-order valence-electron chi connectivity index (χ1n) is 6.10. The van der Waals surface area contributed by atoms with E-state index in [0.29, 0.717) is 12.2 Å². The topological polar surface area (TPSA) is 108 Å². The van der Waals surface area contributed by atoms with Crippen LogP contribution in [0.15, 0.2) is 23.4 Å². The molecule has 1 unspecified atom stereocenters. The van der Waals surface area contributed by atoms with Crippen molar-refractivity contribution >= 4 is 15.8 Å². The molecule has 20 heavy (non-hydrogen) atoms. The summed E-state index contributed by atoms with van der Waals surface area (Å²) in [5.41, 5.74) is 6.17. The van der Waals surface area contributed by atoms with Gasteiger partial charge in [0.05, 0.1) is 12.2 Å². The van der Waals surface area contributed by atoms with Crippen molar-refractivity contribution in [3.63, 3.8) is 0 Å². The van der Waals surface area contributed by atoms with Crippen LogP contribution < -0.4 is 10.5 Å². The predicted molar refractivity (Wildman–Crippen MR) is 74.4 cm³/mol. The molecule has 0 aromatic carbocycles. The van der Waals surface area contributed by atoms with Gasteiger partial charge < -0.3 is 5.73 Å². The smallest absolute Gasteiger partial charge is 0.246 e. The Morgan fingerprint density at radius 3 is 2.70 bits per heavy atom. The summed E-state index contributed by atoms with van der Waals surface area (Å²) in [4.78, 5) is 0.0346. The summed E-state index contributed by atoms with van der Waals surface area (Å²) >= 11 is 0. The molecule has 0 saturated carbocycles. The van der Waals surface area contributed by atoms with Crippen LogP contribution in [-0.2, 0) is 23.6 Å². The van der Waals surface area contributed by atoms with Gasteiger partial charge >= 0.3 is 0 Å². The van der Waals surface area contributed by atoms with E-state index in [1.165, 1.54) is 4.68 Å². The number of hydrogen-bond donors (Lipinski definition) is 2. The fourth-order valence-corrected chi connectivity index (χ4v) is 3.56. The van der Waals surface area contributed by atoms with E-state index in [0.717, 1.165) is 0 Å². The van der Waals surface area contributed by atoms with Crippen LogP contribution in [0.4, 0.5) is 5.82 Å². The van der Waals surface area contributed by atoms with E-state index in [4.69, 9.17) is 5.73 Å². The second-order valence-corrected chi connectivity index (χ2v) is 6.32. The monoisotopic (exact) mass is 298 g/mol.